The van der Waals surface area contributed by atoms with Crippen molar-refractivity contribution in [2.24, 2.45) is 0 Å². The van der Waals surface area contributed by atoms with Crippen LogP contribution in [-0.4, -0.2) is 89.8 Å². The number of carbonyl (C=O) groups is 3. The van der Waals surface area contributed by atoms with Gasteiger partial charge in [0, 0.05) is 56.5 Å². The van der Waals surface area contributed by atoms with Gasteiger partial charge in [0.25, 0.3) is 0 Å². The van der Waals surface area contributed by atoms with E-state index in [0.717, 1.165) is 24.0 Å². The first kappa shape index (κ1) is 30.3. The molecule has 5 rings (SSSR count). The molecule has 1 aromatic carbocycles. The molecule has 2 saturated heterocycles. The molecule has 0 radical (unpaired) electrons. The molecule has 3 aliphatic rings. The zero-order chi connectivity index (χ0) is 30.9. The molecule has 2 fully saturated rings. The normalized spacial score (nSPS) is 21.7. The van der Waals surface area contributed by atoms with Crippen molar-refractivity contribution < 1.29 is 28.6 Å². The van der Waals surface area contributed by atoms with E-state index in [4.69, 9.17) is 14.2 Å². The van der Waals surface area contributed by atoms with Crippen molar-refractivity contribution >= 4 is 29.9 Å². The third kappa shape index (κ3) is 6.43. The molecule has 1 aromatic heterocycles. The molecule has 43 heavy (non-hydrogen) atoms. The van der Waals surface area contributed by atoms with Gasteiger partial charge in [-0.05, 0) is 76.3 Å². The van der Waals surface area contributed by atoms with E-state index in [2.05, 4.69) is 15.5 Å². The Balaban J connectivity index is 1.42. The zero-order valence-corrected chi connectivity index (χ0v) is 25.6. The van der Waals surface area contributed by atoms with Crippen molar-refractivity contribution in [3.05, 3.63) is 41.5 Å². The standard InChI is InChI=1S/C31H40N6O6/c1-31(2,3)43-30(40)36-21-9-10-22(36)16-23(15-21)37-28-20(17-35(5)29(37)39)14-25(33-34-28)24-11-7-19(8-12-27(38)32-4)13-26(24)42-18-41-6/h7-8,11-14,21-23H,9-10,15-18H2,1-6H3,(H,32,38)/b12-8+/t21-,22+,23?. The smallest absolute Gasteiger partial charge is 0.410 e. The van der Waals surface area contributed by atoms with E-state index in [0.29, 0.717) is 42.2 Å². The number of nitrogens with zero attached hydrogens (tertiary/aromatic N) is 5. The van der Waals surface area contributed by atoms with Crippen LogP contribution in [0, 0.1) is 0 Å². The van der Waals surface area contributed by atoms with Crippen LogP contribution in [0.15, 0.2) is 30.3 Å². The van der Waals surface area contributed by atoms with Gasteiger partial charge in [-0.15, -0.1) is 10.2 Å². The van der Waals surface area contributed by atoms with E-state index in [1.165, 1.54) is 6.08 Å². The molecule has 2 bridgehead atoms. The van der Waals surface area contributed by atoms with Gasteiger partial charge in [-0.1, -0.05) is 6.07 Å². The number of fused-ring (bicyclic) bond motifs is 3. The van der Waals surface area contributed by atoms with Gasteiger partial charge < -0.3 is 29.3 Å². The van der Waals surface area contributed by atoms with Gasteiger partial charge in [0.05, 0.1) is 12.2 Å². The first-order chi connectivity index (χ1) is 20.5. The zero-order valence-electron chi connectivity index (χ0n) is 25.6. The maximum atomic E-state index is 13.5. The Morgan fingerprint density at radius 2 is 1.81 bits per heavy atom. The Morgan fingerprint density at radius 3 is 2.47 bits per heavy atom. The predicted octanol–water partition coefficient (Wildman–Crippen LogP) is 4.19. The molecule has 230 valence electrons. The Morgan fingerprint density at radius 1 is 1.09 bits per heavy atom. The van der Waals surface area contributed by atoms with Gasteiger partial charge in [0.2, 0.25) is 5.91 Å². The van der Waals surface area contributed by atoms with Gasteiger partial charge in [0.1, 0.15) is 11.4 Å². The number of aromatic nitrogens is 2. The Labute approximate surface area is 252 Å². The monoisotopic (exact) mass is 592 g/mol. The van der Waals surface area contributed by atoms with Gasteiger partial charge in [-0.3, -0.25) is 9.69 Å². The summed E-state index contributed by atoms with van der Waals surface area (Å²) in [6.07, 6.45) is 5.92. The van der Waals surface area contributed by atoms with Crippen LogP contribution in [0.1, 0.15) is 57.6 Å². The van der Waals surface area contributed by atoms with Gasteiger partial charge in [-0.25, -0.2) is 9.59 Å². The lowest BCUT2D eigenvalue weighted by atomic mass is 9.95. The molecule has 3 atom stereocenters. The van der Waals surface area contributed by atoms with Crippen LogP contribution >= 0.6 is 0 Å². The van der Waals surface area contributed by atoms with Gasteiger partial charge >= 0.3 is 12.1 Å². The third-order valence-corrected chi connectivity index (χ3v) is 7.98. The molecular weight excluding hydrogens is 552 g/mol. The number of piperidine rings is 1. The van der Waals surface area contributed by atoms with E-state index in [9.17, 15) is 14.4 Å². The molecule has 0 aliphatic carbocycles. The summed E-state index contributed by atoms with van der Waals surface area (Å²) in [6, 6.07) is 7.26. The molecule has 1 N–H and O–H groups in total. The Hall–Kier alpha value is -4.19. The summed E-state index contributed by atoms with van der Waals surface area (Å²) in [4.78, 5) is 43.5. The fourth-order valence-electron chi connectivity index (χ4n) is 6.12. The summed E-state index contributed by atoms with van der Waals surface area (Å²) in [5.41, 5.74) is 2.37. The van der Waals surface area contributed by atoms with Crippen molar-refractivity contribution in [2.45, 2.75) is 76.7 Å². The average molecular weight is 593 g/mol. The summed E-state index contributed by atoms with van der Waals surface area (Å²) in [5.74, 6) is 0.862. The van der Waals surface area contributed by atoms with Crippen LogP contribution in [0.3, 0.4) is 0 Å². The van der Waals surface area contributed by atoms with Crippen molar-refractivity contribution in [1.82, 2.24) is 25.3 Å². The lowest BCUT2D eigenvalue weighted by molar-refractivity contribution is -0.116. The maximum Gasteiger partial charge on any atom is 0.410 e. The Kier molecular flexibility index (Phi) is 8.59. The fourth-order valence-corrected chi connectivity index (χ4v) is 6.12. The van der Waals surface area contributed by atoms with E-state index >= 15 is 0 Å². The number of hydrogen-bond donors (Lipinski definition) is 1. The van der Waals surface area contributed by atoms with Gasteiger partial charge in [-0.2, -0.15) is 0 Å². The SMILES string of the molecule is CNC(=O)/C=C/c1ccc(-c2cc3c(nn2)N(C2C[C@H]4CC[C@@H](C2)N4C(=O)OC(C)(C)C)C(=O)N(C)C3)c(OCOC)c1. The third-order valence-electron chi connectivity index (χ3n) is 7.98. The molecule has 3 aliphatic heterocycles. The molecule has 1 unspecified atom stereocenters. The lowest BCUT2D eigenvalue weighted by Crippen LogP contribution is -2.58. The number of anilines is 1. The fraction of sp³-hybridized carbons (Fsp3) is 0.516. The summed E-state index contributed by atoms with van der Waals surface area (Å²) in [7, 11) is 4.89. The van der Waals surface area contributed by atoms with Crippen LogP contribution < -0.4 is 15.0 Å². The second-order valence-corrected chi connectivity index (χ2v) is 12.2. The number of likely N-dealkylation sites (N-methyl/N-ethyl adjacent to an activating group) is 1. The number of carbonyl (C=O) groups excluding carboxylic acids is 3. The molecule has 2 aromatic rings. The minimum atomic E-state index is -0.567. The maximum absolute atomic E-state index is 13.5. The van der Waals surface area contributed by atoms with Crippen LogP contribution in [0.4, 0.5) is 15.4 Å². The van der Waals surface area contributed by atoms with Crippen molar-refractivity contribution in [3.8, 4) is 17.0 Å². The summed E-state index contributed by atoms with van der Waals surface area (Å²) in [6.45, 7) is 6.03. The number of methoxy groups -OCH3 is 1. The largest absolute Gasteiger partial charge is 0.467 e. The van der Waals surface area contributed by atoms with Crippen LogP contribution in [-0.2, 0) is 20.8 Å². The van der Waals surface area contributed by atoms with E-state index in [1.807, 2.05) is 49.9 Å². The van der Waals surface area contributed by atoms with Crippen LogP contribution in [0.5, 0.6) is 5.75 Å². The highest BCUT2D eigenvalue weighted by molar-refractivity contribution is 5.94. The number of urea groups is 1. The predicted molar refractivity (Wildman–Crippen MR) is 160 cm³/mol. The topological polar surface area (TPSA) is 126 Å². The van der Waals surface area contributed by atoms with Crippen molar-refractivity contribution in [1.29, 1.82) is 0 Å². The highest BCUT2D eigenvalue weighted by Gasteiger charge is 2.48. The van der Waals surface area contributed by atoms with Gasteiger partial charge in [0.15, 0.2) is 12.6 Å². The second kappa shape index (κ2) is 12.2. The molecule has 12 heteroatoms. The second-order valence-electron chi connectivity index (χ2n) is 12.2. The molecule has 0 spiro atoms. The number of amides is 4. The first-order valence-corrected chi connectivity index (χ1v) is 14.6. The molecule has 0 saturated carbocycles. The number of benzene rings is 1. The van der Waals surface area contributed by atoms with Crippen molar-refractivity contribution in [3.63, 3.8) is 0 Å². The number of ether oxygens (including phenoxy) is 3. The summed E-state index contributed by atoms with van der Waals surface area (Å²) in [5, 5.41) is 11.7. The Bertz CT molecular complexity index is 1410. The summed E-state index contributed by atoms with van der Waals surface area (Å²) >= 11 is 0. The summed E-state index contributed by atoms with van der Waals surface area (Å²) < 4.78 is 16.7. The van der Waals surface area contributed by atoms with Crippen LogP contribution in [0.25, 0.3) is 17.3 Å². The quantitative estimate of drug-likeness (QED) is 0.375. The number of nitrogens with one attached hydrogen (secondary N) is 1. The molecule has 4 amide bonds. The van der Waals surface area contributed by atoms with E-state index in [1.54, 1.807) is 37.1 Å². The first-order valence-electron chi connectivity index (χ1n) is 14.6. The average Bonchev–Trinajstić information content (AvgIpc) is 3.24. The number of hydrogen-bond acceptors (Lipinski definition) is 8. The van der Waals surface area contributed by atoms with Crippen LogP contribution in [0.2, 0.25) is 0 Å². The minimum Gasteiger partial charge on any atom is -0.467 e. The molecule has 4 heterocycles. The highest BCUT2D eigenvalue weighted by Crippen LogP contribution is 2.42. The van der Waals surface area contributed by atoms with E-state index in [-0.39, 0.29) is 42.9 Å². The molecule has 12 nitrogen and oxygen atoms in total. The highest BCUT2D eigenvalue weighted by atomic mass is 16.7. The minimum absolute atomic E-state index is 0.00534. The lowest BCUT2D eigenvalue weighted by Gasteiger charge is -2.45. The van der Waals surface area contributed by atoms with E-state index < -0.39 is 5.60 Å². The molecular formula is C31H40N6O6. The van der Waals surface area contributed by atoms with Crippen molar-refractivity contribution in [2.75, 3.05) is 32.9 Å². The number of rotatable bonds is 7.